The van der Waals surface area contributed by atoms with Gasteiger partial charge in [-0.3, -0.25) is 9.59 Å². The highest BCUT2D eigenvalue weighted by molar-refractivity contribution is 5.83. The maximum atomic E-state index is 11.2. The summed E-state index contributed by atoms with van der Waals surface area (Å²) in [6, 6.07) is -0.784. The highest BCUT2D eigenvalue weighted by atomic mass is 16.4. The summed E-state index contributed by atoms with van der Waals surface area (Å²) < 4.78 is 0. The topological polar surface area (TPSA) is 66.4 Å². The molecule has 4 nitrogen and oxygen atoms in total. The third-order valence-corrected chi connectivity index (χ3v) is 2.26. The van der Waals surface area contributed by atoms with E-state index in [0.29, 0.717) is 6.42 Å². The summed E-state index contributed by atoms with van der Waals surface area (Å²) in [5.41, 5.74) is 0. The van der Waals surface area contributed by atoms with E-state index in [2.05, 4.69) is 12.2 Å². The van der Waals surface area contributed by atoms with Crippen molar-refractivity contribution >= 4 is 11.9 Å². The molecule has 0 bridgehead atoms. The van der Waals surface area contributed by atoms with Gasteiger partial charge in [-0.15, -0.1) is 0 Å². The van der Waals surface area contributed by atoms with Gasteiger partial charge in [0.25, 0.3) is 0 Å². The first-order chi connectivity index (χ1) is 7.07. The molecule has 1 atom stereocenters. The molecule has 0 aromatic rings. The third kappa shape index (κ3) is 7.97. The van der Waals surface area contributed by atoms with Crippen LogP contribution in [0.2, 0.25) is 0 Å². The summed E-state index contributed by atoms with van der Waals surface area (Å²) >= 11 is 0. The van der Waals surface area contributed by atoms with Crippen molar-refractivity contribution in [2.24, 2.45) is 0 Å². The Morgan fingerprint density at radius 2 is 1.80 bits per heavy atom. The van der Waals surface area contributed by atoms with Crippen LogP contribution in [-0.4, -0.2) is 23.0 Å². The van der Waals surface area contributed by atoms with Gasteiger partial charge in [0.05, 0.1) is 0 Å². The van der Waals surface area contributed by atoms with Crippen molar-refractivity contribution in [3.63, 3.8) is 0 Å². The van der Waals surface area contributed by atoms with Crippen molar-refractivity contribution in [3.8, 4) is 0 Å². The number of carboxylic acid groups (broad SMARTS) is 1. The lowest BCUT2D eigenvalue weighted by molar-refractivity contribution is -0.141. The molecule has 0 fully saturated rings. The Morgan fingerprint density at radius 3 is 2.33 bits per heavy atom. The van der Waals surface area contributed by atoms with Crippen molar-refractivity contribution in [2.75, 3.05) is 0 Å². The average Bonchev–Trinajstić information content (AvgIpc) is 2.17. The number of hydrogen-bond acceptors (Lipinski definition) is 2. The molecule has 0 unspecified atom stereocenters. The number of carbonyl (C=O) groups excluding carboxylic acids is 1. The fourth-order valence-electron chi connectivity index (χ4n) is 1.26. The van der Waals surface area contributed by atoms with E-state index in [9.17, 15) is 9.59 Å². The first kappa shape index (κ1) is 13.9. The third-order valence-electron chi connectivity index (χ3n) is 2.26. The molecule has 0 saturated heterocycles. The lowest BCUT2D eigenvalue weighted by atomic mass is 10.1. The Bertz CT molecular complexity index is 204. The van der Waals surface area contributed by atoms with Gasteiger partial charge in [0.15, 0.2) is 0 Å². The number of rotatable bonds is 8. The molecule has 0 aliphatic carbocycles. The molecule has 0 rings (SSSR count). The zero-order valence-electron chi connectivity index (χ0n) is 9.58. The number of aliphatic carboxylic acids is 1. The average molecular weight is 215 g/mol. The number of hydrogen-bond donors (Lipinski definition) is 2. The SMILES string of the molecule is CCCCCCCC(=O)N[C@H](C)C(=O)O. The second-order valence-corrected chi connectivity index (χ2v) is 3.79. The highest BCUT2D eigenvalue weighted by Crippen LogP contribution is 2.04. The minimum atomic E-state index is -0.991. The minimum Gasteiger partial charge on any atom is -0.480 e. The monoisotopic (exact) mass is 215 g/mol. The summed E-state index contributed by atoms with van der Waals surface area (Å²) in [5, 5.41) is 11.0. The maximum Gasteiger partial charge on any atom is 0.325 e. The molecule has 0 saturated carbocycles. The van der Waals surface area contributed by atoms with Crippen LogP contribution < -0.4 is 5.32 Å². The standard InChI is InChI=1S/C11H21NO3/c1-3-4-5-6-7-8-10(13)12-9(2)11(14)15/h9H,3-8H2,1-2H3,(H,12,13)(H,14,15)/t9-/m1/s1. The molecule has 1 amide bonds. The molecule has 15 heavy (non-hydrogen) atoms. The largest absolute Gasteiger partial charge is 0.480 e. The van der Waals surface area contributed by atoms with Crippen LogP contribution in [0.1, 0.15) is 52.4 Å². The molecule has 0 spiro atoms. The summed E-state index contributed by atoms with van der Waals surface area (Å²) in [4.78, 5) is 21.7. The first-order valence-electron chi connectivity index (χ1n) is 5.60. The lowest BCUT2D eigenvalue weighted by Crippen LogP contribution is -2.38. The Balaban J connectivity index is 3.45. The van der Waals surface area contributed by atoms with E-state index >= 15 is 0 Å². The lowest BCUT2D eigenvalue weighted by Gasteiger charge is -2.08. The zero-order chi connectivity index (χ0) is 11.7. The van der Waals surface area contributed by atoms with Crippen LogP contribution >= 0.6 is 0 Å². The predicted octanol–water partition coefficient (Wildman–Crippen LogP) is 1.94. The van der Waals surface area contributed by atoms with Crippen molar-refractivity contribution in [2.45, 2.75) is 58.4 Å². The molecule has 0 aliphatic heterocycles. The van der Waals surface area contributed by atoms with Crippen molar-refractivity contribution in [3.05, 3.63) is 0 Å². The Hall–Kier alpha value is -1.06. The number of amides is 1. The number of carboxylic acids is 1. The van der Waals surface area contributed by atoms with Crippen LogP contribution in [0.4, 0.5) is 0 Å². The van der Waals surface area contributed by atoms with Gasteiger partial charge >= 0.3 is 5.97 Å². The first-order valence-corrected chi connectivity index (χ1v) is 5.60. The Kier molecular flexibility index (Phi) is 7.68. The van der Waals surface area contributed by atoms with Crippen molar-refractivity contribution in [1.82, 2.24) is 5.32 Å². The Morgan fingerprint density at radius 1 is 1.20 bits per heavy atom. The van der Waals surface area contributed by atoms with E-state index in [4.69, 9.17) is 5.11 Å². The fourth-order valence-corrected chi connectivity index (χ4v) is 1.26. The summed E-state index contributed by atoms with van der Waals surface area (Å²) in [6.45, 7) is 3.61. The molecule has 0 aromatic heterocycles. The van der Waals surface area contributed by atoms with E-state index in [0.717, 1.165) is 19.3 Å². The van der Waals surface area contributed by atoms with E-state index < -0.39 is 12.0 Å². The summed E-state index contributed by atoms with van der Waals surface area (Å²) in [7, 11) is 0. The minimum absolute atomic E-state index is 0.165. The van der Waals surface area contributed by atoms with Crippen LogP contribution in [0.5, 0.6) is 0 Å². The van der Waals surface area contributed by atoms with Gasteiger partial charge in [0, 0.05) is 6.42 Å². The molecule has 0 radical (unpaired) electrons. The van der Waals surface area contributed by atoms with Gasteiger partial charge in [0.2, 0.25) is 5.91 Å². The van der Waals surface area contributed by atoms with Crippen molar-refractivity contribution < 1.29 is 14.7 Å². The summed E-state index contributed by atoms with van der Waals surface area (Å²) in [6.07, 6.45) is 5.86. The zero-order valence-corrected chi connectivity index (χ0v) is 9.58. The van der Waals surface area contributed by atoms with Crippen LogP contribution in [0.3, 0.4) is 0 Å². The second-order valence-electron chi connectivity index (χ2n) is 3.79. The fraction of sp³-hybridized carbons (Fsp3) is 0.818. The molecule has 4 heteroatoms. The van der Waals surface area contributed by atoms with Gasteiger partial charge in [0.1, 0.15) is 6.04 Å². The smallest absolute Gasteiger partial charge is 0.325 e. The Labute approximate surface area is 91.1 Å². The molecule has 0 aliphatic rings. The number of carbonyl (C=O) groups is 2. The van der Waals surface area contributed by atoms with Gasteiger partial charge in [-0.05, 0) is 13.3 Å². The normalized spacial score (nSPS) is 12.1. The van der Waals surface area contributed by atoms with E-state index in [1.54, 1.807) is 0 Å². The highest BCUT2D eigenvalue weighted by Gasteiger charge is 2.12. The molecule has 2 N–H and O–H groups in total. The molecular formula is C11H21NO3. The molecular weight excluding hydrogens is 194 g/mol. The molecule has 0 heterocycles. The van der Waals surface area contributed by atoms with Crippen LogP contribution in [0.15, 0.2) is 0 Å². The van der Waals surface area contributed by atoms with Gasteiger partial charge < -0.3 is 10.4 Å². The molecule has 88 valence electrons. The van der Waals surface area contributed by atoms with E-state index in [1.165, 1.54) is 19.8 Å². The maximum absolute atomic E-state index is 11.2. The number of unbranched alkanes of at least 4 members (excludes halogenated alkanes) is 4. The van der Waals surface area contributed by atoms with Crippen molar-refractivity contribution in [1.29, 1.82) is 0 Å². The summed E-state index contributed by atoms with van der Waals surface area (Å²) in [5.74, 6) is -1.16. The van der Waals surface area contributed by atoms with E-state index in [-0.39, 0.29) is 5.91 Å². The number of nitrogens with one attached hydrogen (secondary N) is 1. The van der Waals surface area contributed by atoms with Gasteiger partial charge in [-0.25, -0.2) is 0 Å². The van der Waals surface area contributed by atoms with E-state index in [1.807, 2.05) is 0 Å². The predicted molar refractivity (Wildman–Crippen MR) is 58.6 cm³/mol. The van der Waals surface area contributed by atoms with Gasteiger partial charge in [-0.2, -0.15) is 0 Å². The van der Waals surface area contributed by atoms with Crippen LogP contribution in [-0.2, 0) is 9.59 Å². The second kappa shape index (κ2) is 8.26. The van der Waals surface area contributed by atoms with Crippen LogP contribution in [0.25, 0.3) is 0 Å². The van der Waals surface area contributed by atoms with Crippen LogP contribution in [0, 0.1) is 0 Å². The quantitative estimate of drug-likeness (QED) is 0.608. The molecule has 0 aromatic carbocycles. The van der Waals surface area contributed by atoms with Gasteiger partial charge in [-0.1, -0.05) is 32.6 Å².